The predicted octanol–water partition coefficient (Wildman–Crippen LogP) is 0.782. The van der Waals surface area contributed by atoms with Gasteiger partial charge in [0.05, 0.1) is 24.5 Å². The van der Waals surface area contributed by atoms with Gasteiger partial charge >= 0.3 is 5.97 Å². The van der Waals surface area contributed by atoms with Gasteiger partial charge in [-0.15, -0.1) is 0 Å². The molecule has 2 N–H and O–H groups in total. The van der Waals surface area contributed by atoms with Crippen LogP contribution in [0.15, 0.2) is 0 Å². The largest absolute Gasteiger partial charge is 0.481 e. The number of carbonyl (C=O) groups is 2. The number of aliphatic carboxylic acids is 1. The number of carboxylic acid groups (broad SMARTS) is 1. The van der Waals surface area contributed by atoms with E-state index in [1.807, 2.05) is 0 Å². The van der Waals surface area contributed by atoms with Crippen LogP contribution >= 0.6 is 0 Å². The third-order valence-corrected chi connectivity index (χ3v) is 3.70. The molecule has 1 aliphatic heterocycles. The minimum Gasteiger partial charge on any atom is -0.481 e. The Bertz CT molecular complexity index is 299. The monoisotopic (exact) mass is 241 g/mol. The molecule has 3 unspecified atom stereocenters. The van der Waals surface area contributed by atoms with Gasteiger partial charge in [-0.2, -0.15) is 0 Å². The fourth-order valence-electron chi connectivity index (χ4n) is 2.70. The van der Waals surface area contributed by atoms with Crippen LogP contribution < -0.4 is 5.32 Å². The zero-order valence-electron chi connectivity index (χ0n) is 9.85. The first-order valence-electron chi connectivity index (χ1n) is 6.29. The van der Waals surface area contributed by atoms with E-state index in [9.17, 15) is 9.59 Å². The summed E-state index contributed by atoms with van der Waals surface area (Å²) in [6.07, 6.45) is 4.00. The highest BCUT2D eigenvalue weighted by molar-refractivity contribution is 5.85. The van der Waals surface area contributed by atoms with Crippen molar-refractivity contribution in [3.05, 3.63) is 0 Å². The van der Waals surface area contributed by atoms with Gasteiger partial charge in [-0.3, -0.25) is 9.59 Å². The van der Waals surface area contributed by atoms with Gasteiger partial charge in [0, 0.05) is 6.61 Å². The molecule has 3 atom stereocenters. The number of carbonyl (C=O) groups excluding carboxylic acids is 1. The van der Waals surface area contributed by atoms with Gasteiger partial charge in [0.2, 0.25) is 5.91 Å². The Morgan fingerprint density at radius 3 is 2.41 bits per heavy atom. The Labute approximate surface area is 101 Å². The molecule has 2 aliphatic rings. The zero-order valence-corrected chi connectivity index (χ0v) is 9.85. The van der Waals surface area contributed by atoms with E-state index in [0.29, 0.717) is 26.1 Å². The summed E-state index contributed by atoms with van der Waals surface area (Å²) in [6, 6.07) is 0.0684. The molecule has 0 spiro atoms. The number of nitrogens with one attached hydrogen (secondary N) is 1. The SMILES string of the molecule is O=C(O)C1CCCCC1C(=O)NC1CCOC1. The molecule has 1 saturated heterocycles. The molecule has 0 aromatic rings. The van der Waals surface area contributed by atoms with Crippen molar-refractivity contribution in [2.75, 3.05) is 13.2 Å². The summed E-state index contributed by atoms with van der Waals surface area (Å²) in [6.45, 7) is 1.23. The molecule has 0 radical (unpaired) electrons. The van der Waals surface area contributed by atoms with Crippen LogP contribution in [0.1, 0.15) is 32.1 Å². The summed E-state index contributed by atoms with van der Waals surface area (Å²) in [5.74, 6) is -1.81. The molecule has 1 aliphatic carbocycles. The van der Waals surface area contributed by atoms with Gasteiger partial charge in [-0.1, -0.05) is 12.8 Å². The lowest BCUT2D eigenvalue weighted by Gasteiger charge is -2.28. The van der Waals surface area contributed by atoms with Crippen molar-refractivity contribution in [1.82, 2.24) is 5.32 Å². The topological polar surface area (TPSA) is 75.6 Å². The van der Waals surface area contributed by atoms with Gasteiger partial charge in [0.25, 0.3) is 0 Å². The number of carboxylic acids is 1. The molecule has 5 heteroatoms. The van der Waals surface area contributed by atoms with Crippen LogP contribution in [-0.4, -0.2) is 36.2 Å². The molecular weight excluding hydrogens is 222 g/mol. The highest BCUT2D eigenvalue weighted by atomic mass is 16.5. The first-order chi connectivity index (χ1) is 8.18. The summed E-state index contributed by atoms with van der Waals surface area (Å²) in [7, 11) is 0. The van der Waals surface area contributed by atoms with Gasteiger partial charge < -0.3 is 15.2 Å². The van der Waals surface area contributed by atoms with Crippen molar-refractivity contribution in [1.29, 1.82) is 0 Å². The Balaban J connectivity index is 1.93. The van der Waals surface area contributed by atoms with Gasteiger partial charge in [-0.25, -0.2) is 0 Å². The highest BCUT2D eigenvalue weighted by Crippen LogP contribution is 2.30. The van der Waals surface area contributed by atoms with E-state index >= 15 is 0 Å². The second kappa shape index (κ2) is 5.49. The summed E-state index contributed by atoms with van der Waals surface area (Å²) < 4.78 is 5.19. The maximum atomic E-state index is 12.0. The standard InChI is InChI=1S/C12H19NO4/c14-11(13-8-5-6-17-7-8)9-3-1-2-4-10(9)12(15)16/h8-10H,1-7H2,(H,13,14)(H,15,16). The molecule has 0 aromatic carbocycles. The summed E-state index contributed by atoms with van der Waals surface area (Å²) in [5, 5.41) is 12.0. The second-order valence-corrected chi connectivity index (χ2v) is 4.90. The number of hydrogen-bond donors (Lipinski definition) is 2. The summed E-state index contributed by atoms with van der Waals surface area (Å²) in [4.78, 5) is 23.1. The lowest BCUT2D eigenvalue weighted by atomic mass is 9.78. The molecule has 0 bridgehead atoms. The Morgan fingerprint density at radius 1 is 1.12 bits per heavy atom. The van der Waals surface area contributed by atoms with Crippen LogP contribution in [0.25, 0.3) is 0 Å². The highest BCUT2D eigenvalue weighted by Gasteiger charge is 2.36. The van der Waals surface area contributed by atoms with E-state index in [2.05, 4.69) is 5.32 Å². The molecule has 5 nitrogen and oxygen atoms in total. The maximum absolute atomic E-state index is 12.0. The average Bonchev–Trinajstić information content (AvgIpc) is 2.81. The fourth-order valence-corrected chi connectivity index (χ4v) is 2.70. The van der Waals surface area contributed by atoms with E-state index in [-0.39, 0.29) is 17.9 Å². The fraction of sp³-hybridized carbons (Fsp3) is 0.833. The third kappa shape index (κ3) is 2.97. The van der Waals surface area contributed by atoms with Crippen LogP contribution in [-0.2, 0) is 14.3 Å². The number of ether oxygens (including phenoxy) is 1. The minimum atomic E-state index is -0.840. The number of rotatable bonds is 3. The lowest BCUT2D eigenvalue weighted by Crippen LogP contribution is -2.44. The molecule has 1 amide bonds. The normalized spacial score (nSPS) is 33.3. The summed E-state index contributed by atoms with van der Waals surface area (Å²) >= 11 is 0. The first-order valence-corrected chi connectivity index (χ1v) is 6.29. The Hall–Kier alpha value is -1.10. The van der Waals surface area contributed by atoms with Gasteiger partial charge in [0.1, 0.15) is 0 Å². The van der Waals surface area contributed by atoms with Gasteiger partial charge in [0.15, 0.2) is 0 Å². The van der Waals surface area contributed by atoms with Crippen molar-refractivity contribution in [2.45, 2.75) is 38.1 Å². The molecule has 17 heavy (non-hydrogen) atoms. The lowest BCUT2D eigenvalue weighted by molar-refractivity contribution is -0.149. The average molecular weight is 241 g/mol. The van der Waals surface area contributed by atoms with Crippen molar-refractivity contribution >= 4 is 11.9 Å². The molecule has 2 rings (SSSR count). The number of hydrogen-bond acceptors (Lipinski definition) is 3. The van der Waals surface area contributed by atoms with Crippen LogP contribution in [0.4, 0.5) is 0 Å². The van der Waals surface area contributed by atoms with Crippen LogP contribution in [0.3, 0.4) is 0 Å². The van der Waals surface area contributed by atoms with Crippen molar-refractivity contribution in [3.8, 4) is 0 Å². The van der Waals surface area contributed by atoms with Gasteiger partial charge in [-0.05, 0) is 19.3 Å². The van der Waals surface area contributed by atoms with E-state index in [1.165, 1.54) is 0 Å². The number of amides is 1. The minimum absolute atomic E-state index is 0.0684. The molecule has 1 heterocycles. The Morgan fingerprint density at radius 2 is 1.82 bits per heavy atom. The van der Waals surface area contributed by atoms with Crippen molar-refractivity contribution in [3.63, 3.8) is 0 Å². The smallest absolute Gasteiger partial charge is 0.307 e. The Kier molecular flexibility index (Phi) is 3.99. The van der Waals surface area contributed by atoms with Crippen LogP contribution in [0.2, 0.25) is 0 Å². The van der Waals surface area contributed by atoms with E-state index in [1.54, 1.807) is 0 Å². The van der Waals surface area contributed by atoms with Crippen molar-refractivity contribution < 1.29 is 19.4 Å². The molecule has 1 saturated carbocycles. The van der Waals surface area contributed by atoms with E-state index in [4.69, 9.17) is 9.84 Å². The maximum Gasteiger partial charge on any atom is 0.307 e. The zero-order chi connectivity index (χ0) is 12.3. The quantitative estimate of drug-likeness (QED) is 0.765. The first kappa shape index (κ1) is 12.4. The molecule has 0 aromatic heterocycles. The van der Waals surface area contributed by atoms with Crippen molar-refractivity contribution in [2.24, 2.45) is 11.8 Å². The van der Waals surface area contributed by atoms with Crippen LogP contribution in [0, 0.1) is 11.8 Å². The second-order valence-electron chi connectivity index (χ2n) is 4.90. The van der Waals surface area contributed by atoms with E-state index in [0.717, 1.165) is 19.3 Å². The summed E-state index contributed by atoms with van der Waals surface area (Å²) in [5.41, 5.74) is 0. The molecule has 2 fully saturated rings. The van der Waals surface area contributed by atoms with Crippen LogP contribution in [0.5, 0.6) is 0 Å². The molecule has 96 valence electrons. The predicted molar refractivity (Wildman–Crippen MR) is 60.5 cm³/mol. The molecular formula is C12H19NO4. The third-order valence-electron chi connectivity index (χ3n) is 3.70. The van der Waals surface area contributed by atoms with E-state index < -0.39 is 11.9 Å².